The number of benzene rings is 1. The minimum atomic E-state index is 0.196. The van der Waals surface area contributed by atoms with Crippen LogP contribution in [0.25, 0.3) is 10.9 Å². The molecular weight excluding hydrogens is 290 g/mol. The Morgan fingerprint density at radius 2 is 1.91 bits per heavy atom. The maximum atomic E-state index is 12.6. The first kappa shape index (κ1) is 14.0. The molecule has 0 aliphatic carbocycles. The summed E-state index contributed by atoms with van der Waals surface area (Å²) in [6, 6.07) is 8.41. The minimum absolute atomic E-state index is 0.196. The lowest BCUT2D eigenvalue weighted by atomic mass is 10.0. The third-order valence-electron chi connectivity index (χ3n) is 4.60. The number of amides is 1. The summed E-state index contributed by atoms with van der Waals surface area (Å²) >= 11 is 0. The zero-order valence-electron chi connectivity index (χ0n) is 12.9. The summed E-state index contributed by atoms with van der Waals surface area (Å²) in [5.41, 5.74) is 2.15. The highest BCUT2D eigenvalue weighted by Crippen LogP contribution is 2.23. The summed E-state index contributed by atoms with van der Waals surface area (Å²) in [5, 5.41) is 9.54. The number of carbonyl (C=O) groups excluding carboxylic acids is 1. The Balaban J connectivity index is 1.40. The van der Waals surface area contributed by atoms with E-state index in [1.807, 2.05) is 29.3 Å². The van der Waals surface area contributed by atoms with Gasteiger partial charge in [0, 0.05) is 30.2 Å². The summed E-state index contributed by atoms with van der Waals surface area (Å²) in [5.74, 6) is 0.196. The van der Waals surface area contributed by atoms with Crippen molar-refractivity contribution in [2.75, 3.05) is 13.1 Å². The summed E-state index contributed by atoms with van der Waals surface area (Å²) in [6.07, 6.45) is 7.63. The van der Waals surface area contributed by atoms with Gasteiger partial charge in [-0.05, 0) is 24.5 Å². The first-order valence-corrected chi connectivity index (χ1v) is 8.00. The second-order valence-corrected chi connectivity index (χ2v) is 6.00. The van der Waals surface area contributed by atoms with Crippen molar-refractivity contribution in [1.29, 1.82) is 0 Å². The number of hydrogen-bond donors (Lipinski definition) is 1. The molecule has 0 radical (unpaired) electrons. The monoisotopic (exact) mass is 309 g/mol. The largest absolute Gasteiger partial charge is 0.361 e. The van der Waals surface area contributed by atoms with Crippen LogP contribution in [-0.4, -0.2) is 43.9 Å². The standard InChI is InChI=1S/C17H19N5O/c23-17(11-13-12-18-16-4-2-1-3-15(13)16)21-9-5-14(6-10-21)22-19-7-8-20-22/h1-4,7-8,12,14,18H,5-6,9-11H2. The van der Waals surface area contributed by atoms with Gasteiger partial charge in [-0.15, -0.1) is 0 Å². The van der Waals surface area contributed by atoms with E-state index in [2.05, 4.69) is 21.2 Å². The van der Waals surface area contributed by atoms with Crippen molar-refractivity contribution in [2.24, 2.45) is 0 Å². The minimum Gasteiger partial charge on any atom is -0.361 e. The van der Waals surface area contributed by atoms with Crippen LogP contribution in [-0.2, 0) is 11.2 Å². The van der Waals surface area contributed by atoms with Crippen molar-refractivity contribution >= 4 is 16.8 Å². The Morgan fingerprint density at radius 3 is 2.70 bits per heavy atom. The van der Waals surface area contributed by atoms with Gasteiger partial charge in [-0.3, -0.25) is 4.79 Å². The van der Waals surface area contributed by atoms with Crippen LogP contribution in [0, 0.1) is 0 Å². The second-order valence-electron chi connectivity index (χ2n) is 6.00. The van der Waals surface area contributed by atoms with Gasteiger partial charge < -0.3 is 9.88 Å². The second kappa shape index (κ2) is 5.87. The Labute approximate surface area is 134 Å². The van der Waals surface area contributed by atoms with Gasteiger partial charge in [0.1, 0.15) is 0 Å². The van der Waals surface area contributed by atoms with Crippen LogP contribution in [0.4, 0.5) is 0 Å². The maximum Gasteiger partial charge on any atom is 0.227 e. The molecule has 1 aromatic carbocycles. The molecule has 3 aromatic rings. The molecule has 4 rings (SSSR count). The lowest BCUT2D eigenvalue weighted by Crippen LogP contribution is -2.40. The van der Waals surface area contributed by atoms with Gasteiger partial charge in [-0.1, -0.05) is 18.2 Å². The Morgan fingerprint density at radius 1 is 1.17 bits per heavy atom. The van der Waals surface area contributed by atoms with E-state index < -0.39 is 0 Å². The molecule has 23 heavy (non-hydrogen) atoms. The van der Waals surface area contributed by atoms with Crippen LogP contribution in [0.3, 0.4) is 0 Å². The number of para-hydroxylation sites is 1. The van der Waals surface area contributed by atoms with Crippen molar-refractivity contribution < 1.29 is 4.79 Å². The molecule has 0 unspecified atom stereocenters. The van der Waals surface area contributed by atoms with Crippen LogP contribution >= 0.6 is 0 Å². The number of likely N-dealkylation sites (tertiary alicyclic amines) is 1. The first-order chi connectivity index (χ1) is 11.3. The summed E-state index contributed by atoms with van der Waals surface area (Å²) < 4.78 is 0. The zero-order chi connectivity index (χ0) is 15.6. The van der Waals surface area contributed by atoms with Crippen LogP contribution < -0.4 is 0 Å². The van der Waals surface area contributed by atoms with E-state index in [4.69, 9.17) is 0 Å². The molecule has 1 amide bonds. The van der Waals surface area contributed by atoms with Gasteiger partial charge in [0.15, 0.2) is 0 Å². The average molecular weight is 309 g/mol. The van der Waals surface area contributed by atoms with Crippen LogP contribution in [0.15, 0.2) is 42.9 Å². The third-order valence-corrected chi connectivity index (χ3v) is 4.60. The van der Waals surface area contributed by atoms with Crippen LogP contribution in [0.2, 0.25) is 0 Å². The molecular formula is C17H19N5O. The number of piperidine rings is 1. The molecule has 6 nitrogen and oxygen atoms in total. The summed E-state index contributed by atoms with van der Waals surface area (Å²) in [4.78, 5) is 19.5. The fraction of sp³-hybridized carbons (Fsp3) is 0.353. The highest BCUT2D eigenvalue weighted by atomic mass is 16.2. The Bertz CT molecular complexity index is 799. The van der Waals surface area contributed by atoms with E-state index in [0.29, 0.717) is 12.5 Å². The number of carbonyl (C=O) groups is 1. The number of fused-ring (bicyclic) bond motifs is 1. The molecule has 1 aliphatic rings. The van der Waals surface area contributed by atoms with Gasteiger partial charge in [0.05, 0.1) is 24.9 Å². The summed E-state index contributed by atoms with van der Waals surface area (Å²) in [7, 11) is 0. The van der Waals surface area contributed by atoms with Crippen molar-refractivity contribution in [3.05, 3.63) is 48.4 Å². The fourth-order valence-electron chi connectivity index (χ4n) is 3.31. The van der Waals surface area contributed by atoms with Crippen LogP contribution in [0.1, 0.15) is 24.4 Å². The number of aromatic nitrogens is 4. The Hall–Kier alpha value is -2.63. The predicted octanol–water partition coefficient (Wildman–Crippen LogP) is 2.17. The first-order valence-electron chi connectivity index (χ1n) is 8.00. The smallest absolute Gasteiger partial charge is 0.227 e. The SMILES string of the molecule is O=C(Cc1c[nH]c2ccccc12)N1CCC(n2nccn2)CC1. The molecule has 6 heteroatoms. The quantitative estimate of drug-likeness (QED) is 0.806. The molecule has 0 bridgehead atoms. The highest BCUT2D eigenvalue weighted by molar-refractivity contribution is 5.88. The molecule has 1 N–H and O–H groups in total. The van der Waals surface area contributed by atoms with E-state index in [0.717, 1.165) is 42.4 Å². The topological polar surface area (TPSA) is 66.8 Å². The van der Waals surface area contributed by atoms with Crippen LogP contribution in [0.5, 0.6) is 0 Å². The number of hydrogen-bond acceptors (Lipinski definition) is 3. The molecule has 0 atom stereocenters. The summed E-state index contributed by atoms with van der Waals surface area (Å²) in [6.45, 7) is 1.54. The van der Waals surface area contributed by atoms with Gasteiger partial charge in [-0.2, -0.15) is 15.0 Å². The zero-order valence-corrected chi connectivity index (χ0v) is 12.9. The van der Waals surface area contributed by atoms with E-state index in [1.165, 1.54) is 0 Å². The predicted molar refractivity (Wildman–Crippen MR) is 86.9 cm³/mol. The molecule has 2 aromatic heterocycles. The molecule has 1 saturated heterocycles. The Kier molecular flexibility index (Phi) is 3.57. The van der Waals surface area contributed by atoms with Gasteiger partial charge in [0.25, 0.3) is 0 Å². The lowest BCUT2D eigenvalue weighted by molar-refractivity contribution is -0.131. The van der Waals surface area contributed by atoms with E-state index in [9.17, 15) is 4.79 Å². The van der Waals surface area contributed by atoms with E-state index in [-0.39, 0.29) is 5.91 Å². The molecule has 1 aliphatic heterocycles. The molecule has 118 valence electrons. The normalized spacial score (nSPS) is 16.1. The highest BCUT2D eigenvalue weighted by Gasteiger charge is 2.25. The number of rotatable bonds is 3. The van der Waals surface area contributed by atoms with Gasteiger partial charge in [-0.25, -0.2) is 0 Å². The van der Waals surface area contributed by atoms with Crippen molar-refractivity contribution in [1.82, 2.24) is 24.9 Å². The maximum absolute atomic E-state index is 12.6. The molecule has 0 saturated carbocycles. The van der Waals surface area contributed by atoms with E-state index >= 15 is 0 Å². The molecule has 0 spiro atoms. The average Bonchev–Trinajstić information content (AvgIpc) is 3.25. The van der Waals surface area contributed by atoms with Gasteiger partial charge >= 0.3 is 0 Å². The van der Waals surface area contributed by atoms with Crippen molar-refractivity contribution in [2.45, 2.75) is 25.3 Å². The number of nitrogens with one attached hydrogen (secondary N) is 1. The molecule has 1 fully saturated rings. The number of nitrogens with zero attached hydrogens (tertiary/aromatic N) is 4. The lowest BCUT2D eigenvalue weighted by Gasteiger charge is -2.31. The number of aromatic amines is 1. The van der Waals surface area contributed by atoms with E-state index in [1.54, 1.807) is 17.2 Å². The number of H-pyrrole nitrogens is 1. The van der Waals surface area contributed by atoms with Gasteiger partial charge in [0.2, 0.25) is 5.91 Å². The van der Waals surface area contributed by atoms with Crippen molar-refractivity contribution in [3.8, 4) is 0 Å². The third kappa shape index (κ3) is 2.72. The van der Waals surface area contributed by atoms with Crippen molar-refractivity contribution in [3.63, 3.8) is 0 Å². The molecule has 3 heterocycles. The fourth-order valence-corrected chi connectivity index (χ4v) is 3.31.